The topological polar surface area (TPSA) is 37.3 Å². The minimum atomic E-state index is -0.198. The number of ketones is 1. The van der Waals surface area contributed by atoms with Crippen LogP contribution in [0.3, 0.4) is 0 Å². The fourth-order valence-electron chi connectivity index (χ4n) is 0.644. The molecule has 0 aromatic rings. The Balaban J connectivity index is 4.52. The fraction of sp³-hybridized carbons (Fsp3) is 0.625. The lowest BCUT2D eigenvalue weighted by atomic mass is 9.86. The molecule has 0 atom stereocenters. The number of carbonyl (C=O) groups excluding carboxylic acids is 1. The predicted molar refractivity (Wildman–Crippen MR) is 45.5 cm³/mol. The maximum absolute atomic E-state index is 10.9. The SMILES string of the molecule is [B]C(C(=O)CC)=C(O)C(C)C. The summed E-state index contributed by atoms with van der Waals surface area (Å²) < 4.78 is 0. The summed E-state index contributed by atoms with van der Waals surface area (Å²) in [5.74, 6) is -0.279. The fourth-order valence-corrected chi connectivity index (χ4v) is 0.644. The van der Waals surface area contributed by atoms with E-state index in [0.29, 0.717) is 6.42 Å². The lowest BCUT2D eigenvalue weighted by molar-refractivity contribution is -0.114. The van der Waals surface area contributed by atoms with Crippen molar-refractivity contribution in [2.45, 2.75) is 27.2 Å². The molecule has 0 aliphatic heterocycles. The van der Waals surface area contributed by atoms with Crippen LogP contribution in [-0.4, -0.2) is 18.7 Å². The highest BCUT2D eigenvalue weighted by Crippen LogP contribution is 2.10. The Hall–Kier alpha value is -0.725. The highest BCUT2D eigenvalue weighted by molar-refractivity contribution is 6.37. The van der Waals surface area contributed by atoms with Gasteiger partial charge in [-0.05, 0) is 5.47 Å². The predicted octanol–water partition coefficient (Wildman–Crippen LogP) is 1.56. The zero-order chi connectivity index (χ0) is 9.02. The molecule has 0 spiro atoms. The van der Waals surface area contributed by atoms with Gasteiger partial charge in [0.2, 0.25) is 0 Å². The molecule has 0 bridgehead atoms. The van der Waals surface area contributed by atoms with Crippen LogP contribution in [-0.2, 0) is 4.79 Å². The minimum Gasteiger partial charge on any atom is -0.513 e. The molecule has 0 heterocycles. The van der Waals surface area contributed by atoms with Gasteiger partial charge in [-0.3, -0.25) is 4.79 Å². The number of carbonyl (C=O) groups is 1. The number of hydrogen-bond acceptors (Lipinski definition) is 2. The molecule has 3 heteroatoms. The standard InChI is InChI=1S/C8H13BO2/c1-4-6(10)7(9)8(11)5(2)3/h5,11H,4H2,1-3H3. The van der Waals surface area contributed by atoms with Crippen molar-refractivity contribution in [3.63, 3.8) is 0 Å². The van der Waals surface area contributed by atoms with Crippen molar-refractivity contribution in [1.82, 2.24) is 0 Å². The van der Waals surface area contributed by atoms with E-state index < -0.39 is 0 Å². The third-order valence-electron chi connectivity index (χ3n) is 1.44. The minimum absolute atomic E-state index is 0.00231. The maximum Gasteiger partial charge on any atom is 0.151 e. The molecule has 2 nitrogen and oxygen atoms in total. The van der Waals surface area contributed by atoms with E-state index in [-0.39, 0.29) is 22.9 Å². The van der Waals surface area contributed by atoms with Gasteiger partial charge in [0, 0.05) is 12.3 Å². The first-order valence-corrected chi connectivity index (χ1v) is 3.72. The summed E-state index contributed by atoms with van der Waals surface area (Å²) in [7, 11) is 5.35. The monoisotopic (exact) mass is 152 g/mol. The number of Topliss-reactive ketones (excluding diaryl/α,β-unsaturated/α-hetero) is 1. The van der Waals surface area contributed by atoms with Crippen LogP contribution in [0.5, 0.6) is 0 Å². The van der Waals surface area contributed by atoms with Crippen LogP contribution < -0.4 is 0 Å². The van der Waals surface area contributed by atoms with Crippen molar-refractivity contribution in [2.24, 2.45) is 5.92 Å². The Morgan fingerprint density at radius 3 is 2.27 bits per heavy atom. The van der Waals surface area contributed by atoms with Crippen molar-refractivity contribution < 1.29 is 9.90 Å². The van der Waals surface area contributed by atoms with E-state index in [1.165, 1.54) is 0 Å². The van der Waals surface area contributed by atoms with E-state index in [9.17, 15) is 9.90 Å². The first kappa shape index (κ1) is 10.3. The normalized spacial score (nSPS) is 13.1. The molecule has 0 amide bonds. The lowest BCUT2D eigenvalue weighted by Gasteiger charge is -2.07. The first-order chi connectivity index (χ1) is 5.00. The van der Waals surface area contributed by atoms with Crippen LogP contribution in [0.15, 0.2) is 11.2 Å². The summed E-state index contributed by atoms with van der Waals surface area (Å²) in [5, 5.41) is 9.23. The van der Waals surface area contributed by atoms with Crippen molar-refractivity contribution in [1.29, 1.82) is 0 Å². The Bertz CT molecular complexity index is 183. The Kier molecular flexibility index (Phi) is 3.94. The molecule has 2 radical (unpaired) electrons. The van der Waals surface area contributed by atoms with Crippen LogP contribution in [0.4, 0.5) is 0 Å². The Morgan fingerprint density at radius 2 is 2.00 bits per heavy atom. The molecule has 1 N–H and O–H groups in total. The molecule has 0 unspecified atom stereocenters. The molecule has 60 valence electrons. The van der Waals surface area contributed by atoms with Gasteiger partial charge in [-0.15, -0.1) is 0 Å². The molecule has 0 rings (SSSR count). The third-order valence-corrected chi connectivity index (χ3v) is 1.44. The molecule has 0 saturated heterocycles. The van der Waals surface area contributed by atoms with Crippen LogP contribution in [0, 0.1) is 5.92 Å². The molecule has 0 fully saturated rings. The Morgan fingerprint density at radius 1 is 1.55 bits per heavy atom. The number of allylic oxidation sites excluding steroid dienone is 2. The summed E-state index contributed by atoms with van der Waals surface area (Å²) in [6.07, 6.45) is 0.336. The summed E-state index contributed by atoms with van der Waals surface area (Å²) in [4.78, 5) is 10.9. The van der Waals surface area contributed by atoms with Crippen molar-refractivity contribution in [3.05, 3.63) is 11.2 Å². The van der Waals surface area contributed by atoms with Gasteiger partial charge < -0.3 is 5.11 Å². The molecular weight excluding hydrogens is 139 g/mol. The molecular formula is C8H13BO2. The molecule has 0 aliphatic rings. The van der Waals surface area contributed by atoms with Crippen molar-refractivity contribution >= 4 is 13.6 Å². The van der Waals surface area contributed by atoms with Gasteiger partial charge in [0.1, 0.15) is 7.85 Å². The third kappa shape index (κ3) is 2.79. The van der Waals surface area contributed by atoms with Crippen LogP contribution in [0.2, 0.25) is 0 Å². The van der Waals surface area contributed by atoms with Crippen LogP contribution >= 0.6 is 0 Å². The van der Waals surface area contributed by atoms with E-state index in [0.717, 1.165) is 0 Å². The van der Waals surface area contributed by atoms with Crippen molar-refractivity contribution in [3.8, 4) is 0 Å². The number of rotatable bonds is 3. The zero-order valence-electron chi connectivity index (χ0n) is 7.22. The lowest BCUT2D eigenvalue weighted by Crippen LogP contribution is -2.07. The van der Waals surface area contributed by atoms with Gasteiger partial charge in [-0.25, -0.2) is 0 Å². The summed E-state index contributed by atoms with van der Waals surface area (Å²) in [6.45, 7) is 5.28. The van der Waals surface area contributed by atoms with Gasteiger partial charge in [0.25, 0.3) is 0 Å². The average molecular weight is 152 g/mol. The van der Waals surface area contributed by atoms with Crippen LogP contribution in [0.1, 0.15) is 27.2 Å². The van der Waals surface area contributed by atoms with Crippen LogP contribution in [0.25, 0.3) is 0 Å². The van der Waals surface area contributed by atoms with E-state index in [1.807, 2.05) is 0 Å². The van der Waals surface area contributed by atoms with Gasteiger partial charge in [0.15, 0.2) is 5.78 Å². The zero-order valence-corrected chi connectivity index (χ0v) is 7.22. The van der Waals surface area contributed by atoms with Gasteiger partial charge in [-0.2, -0.15) is 0 Å². The molecule has 11 heavy (non-hydrogen) atoms. The van der Waals surface area contributed by atoms with E-state index in [2.05, 4.69) is 0 Å². The quantitative estimate of drug-likeness (QED) is 0.378. The second kappa shape index (κ2) is 4.22. The van der Waals surface area contributed by atoms with E-state index >= 15 is 0 Å². The van der Waals surface area contributed by atoms with E-state index in [1.54, 1.807) is 20.8 Å². The summed E-state index contributed by atoms with van der Waals surface area (Å²) in [5.41, 5.74) is 0.00231. The van der Waals surface area contributed by atoms with Gasteiger partial charge >= 0.3 is 0 Å². The number of aliphatic hydroxyl groups is 1. The van der Waals surface area contributed by atoms with E-state index in [4.69, 9.17) is 7.85 Å². The average Bonchev–Trinajstić information content (AvgIpc) is 2.00. The highest BCUT2D eigenvalue weighted by atomic mass is 16.3. The largest absolute Gasteiger partial charge is 0.513 e. The molecule has 0 aromatic heterocycles. The number of hydrogen-bond donors (Lipinski definition) is 1. The summed E-state index contributed by atoms with van der Waals surface area (Å²) >= 11 is 0. The second-order valence-electron chi connectivity index (χ2n) is 2.73. The second-order valence-corrected chi connectivity index (χ2v) is 2.73. The van der Waals surface area contributed by atoms with Crippen molar-refractivity contribution in [2.75, 3.05) is 0 Å². The molecule has 0 saturated carbocycles. The first-order valence-electron chi connectivity index (χ1n) is 3.72. The summed E-state index contributed by atoms with van der Waals surface area (Å²) in [6, 6.07) is 0. The van der Waals surface area contributed by atoms with Gasteiger partial charge in [0.05, 0.1) is 5.76 Å². The maximum atomic E-state index is 10.9. The van der Waals surface area contributed by atoms with Gasteiger partial charge in [-0.1, -0.05) is 20.8 Å². The molecule has 0 aliphatic carbocycles. The molecule has 0 aromatic carbocycles. The number of aliphatic hydroxyl groups excluding tert-OH is 1. The Labute approximate surface area is 68.7 Å². The highest BCUT2D eigenvalue weighted by Gasteiger charge is 2.09. The smallest absolute Gasteiger partial charge is 0.151 e.